The number of hydrogen-bond acceptors (Lipinski definition) is 6. The molecule has 9 nitrogen and oxygen atoms in total. The van der Waals surface area contributed by atoms with E-state index >= 15 is 0 Å². The van der Waals surface area contributed by atoms with Gasteiger partial charge in [-0.15, -0.1) is 5.10 Å². The van der Waals surface area contributed by atoms with E-state index in [4.69, 9.17) is 21.1 Å². The molecule has 1 aliphatic heterocycles. The smallest absolute Gasteiger partial charge is 0.247 e. The monoisotopic (exact) mass is 519 g/mol. The Morgan fingerprint density at radius 3 is 2.59 bits per heavy atom. The molecular weight excluding hydrogens is 494 g/mol. The van der Waals surface area contributed by atoms with Gasteiger partial charge in [-0.1, -0.05) is 54.9 Å². The molecular formula is C27H26ClN5O4. The van der Waals surface area contributed by atoms with Gasteiger partial charge in [0, 0.05) is 23.3 Å². The fraction of sp³-hybridized carbons (Fsp3) is 0.259. The van der Waals surface area contributed by atoms with Crippen LogP contribution in [0.2, 0.25) is 5.02 Å². The average Bonchev–Trinajstić information content (AvgIpc) is 3.51. The molecule has 1 aliphatic rings. The largest absolute Gasteiger partial charge is 0.454 e. The molecule has 10 heteroatoms. The van der Waals surface area contributed by atoms with Gasteiger partial charge < -0.3 is 19.7 Å². The van der Waals surface area contributed by atoms with Crippen LogP contribution in [0.15, 0.2) is 66.7 Å². The summed E-state index contributed by atoms with van der Waals surface area (Å²) in [5.41, 5.74) is 2.84. The molecule has 1 unspecified atom stereocenters. The van der Waals surface area contributed by atoms with Gasteiger partial charge in [0.25, 0.3) is 0 Å². The molecule has 0 aliphatic carbocycles. The summed E-state index contributed by atoms with van der Waals surface area (Å²) in [6.45, 7) is 4.13. The van der Waals surface area contributed by atoms with Crippen molar-refractivity contribution >= 4 is 40.1 Å². The number of carbonyl (C=O) groups excluding carboxylic acids is 2. The van der Waals surface area contributed by atoms with Gasteiger partial charge in [-0.05, 0) is 47.9 Å². The molecule has 0 saturated carbocycles. The molecule has 4 aromatic rings. The third-order valence-electron chi connectivity index (χ3n) is 6.17. The zero-order chi connectivity index (χ0) is 25.9. The number of nitrogens with one attached hydrogen (secondary N) is 1. The number of ether oxygens (including phenoxy) is 2. The predicted molar refractivity (Wildman–Crippen MR) is 139 cm³/mol. The minimum atomic E-state index is -0.761. The first-order valence-electron chi connectivity index (χ1n) is 11.9. The van der Waals surface area contributed by atoms with Crippen molar-refractivity contribution in [2.24, 2.45) is 5.92 Å². The van der Waals surface area contributed by atoms with Crippen molar-refractivity contribution in [1.82, 2.24) is 19.9 Å². The quantitative estimate of drug-likeness (QED) is 0.368. The van der Waals surface area contributed by atoms with Crippen molar-refractivity contribution in [3.63, 3.8) is 0 Å². The van der Waals surface area contributed by atoms with Crippen LogP contribution in [0.1, 0.15) is 19.4 Å². The van der Waals surface area contributed by atoms with E-state index in [-0.39, 0.29) is 37.6 Å². The van der Waals surface area contributed by atoms with Crippen LogP contribution in [0.5, 0.6) is 11.5 Å². The second kappa shape index (κ2) is 10.5. The van der Waals surface area contributed by atoms with E-state index in [9.17, 15) is 9.59 Å². The molecule has 5 rings (SSSR count). The third kappa shape index (κ3) is 5.36. The standard InChI is InChI=1S/C27H26ClN5O4/c1-17(2)26(27(35)29-20-11-12-23-24(13-20)37-16-36-23)32(14-18-7-9-19(28)10-8-18)25(34)15-33-22-6-4-3-5-21(22)30-31-33/h3-13,17,26H,14-16H2,1-2H3,(H,29,35). The molecule has 2 heterocycles. The van der Waals surface area contributed by atoms with Crippen molar-refractivity contribution < 1.29 is 19.1 Å². The van der Waals surface area contributed by atoms with E-state index < -0.39 is 6.04 Å². The van der Waals surface area contributed by atoms with Crippen LogP contribution in [0.25, 0.3) is 11.0 Å². The Kier molecular flexibility index (Phi) is 6.96. The minimum Gasteiger partial charge on any atom is -0.454 e. The lowest BCUT2D eigenvalue weighted by Gasteiger charge is -2.33. The lowest BCUT2D eigenvalue weighted by Crippen LogP contribution is -2.50. The summed E-state index contributed by atoms with van der Waals surface area (Å²) in [6.07, 6.45) is 0. The van der Waals surface area contributed by atoms with Gasteiger partial charge >= 0.3 is 0 Å². The molecule has 37 heavy (non-hydrogen) atoms. The molecule has 1 N–H and O–H groups in total. The fourth-order valence-electron chi connectivity index (χ4n) is 4.38. The van der Waals surface area contributed by atoms with Crippen molar-refractivity contribution in [2.75, 3.05) is 12.1 Å². The van der Waals surface area contributed by atoms with Crippen LogP contribution in [0.4, 0.5) is 5.69 Å². The van der Waals surface area contributed by atoms with Crippen molar-refractivity contribution in [2.45, 2.75) is 33.0 Å². The van der Waals surface area contributed by atoms with E-state index in [1.165, 1.54) is 0 Å². The summed E-state index contributed by atoms with van der Waals surface area (Å²) in [4.78, 5) is 29.0. The number of fused-ring (bicyclic) bond motifs is 2. The van der Waals surface area contributed by atoms with Crippen molar-refractivity contribution in [3.05, 3.63) is 77.3 Å². The molecule has 0 spiro atoms. The van der Waals surface area contributed by atoms with Crippen LogP contribution < -0.4 is 14.8 Å². The number of aromatic nitrogens is 3. The maximum absolute atomic E-state index is 13.8. The first kappa shape index (κ1) is 24.6. The SMILES string of the molecule is CC(C)C(C(=O)Nc1ccc2c(c1)OCO2)N(Cc1ccc(Cl)cc1)C(=O)Cn1nnc2ccccc21. The Morgan fingerprint density at radius 2 is 1.81 bits per heavy atom. The normalized spacial score (nSPS) is 13.1. The summed E-state index contributed by atoms with van der Waals surface area (Å²) in [5, 5.41) is 11.9. The van der Waals surface area contributed by atoms with Crippen LogP contribution in [-0.4, -0.2) is 44.5 Å². The lowest BCUT2D eigenvalue weighted by molar-refractivity contribution is -0.141. The summed E-state index contributed by atoms with van der Waals surface area (Å²) in [5.74, 6) is 0.437. The first-order valence-corrected chi connectivity index (χ1v) is 12.3. The van der Waals surface area contributed by atoms with Gasteiger partial charge in [0.15, 0.2) is 11.5 Å². The Labute approximate surface area is 218 Å². The Hall–Kier alpha value is -4.11. The van der Waals surface area contributed by atoms with E-state index in [0.29, 0.717) is 27.7 Å². The van der Waals surface area contributed by atoms with Gasteiger partial charge in [0.05, 0.1) is 5.52 Å². The van der Waals surface area contributed by atoms with Crippen LogP contribution in [-0.2, 0) is 22.7 Å². The molecule has 3 aromatic carbocycles. The highest BCUT2D eigenvalue weighted by Crippen LogP contribution is 2.34. The second-order valence-electron chi connectivity index (χ2n) is 9.13. The lowest BCUT2D eigenvalue weighted by atomic mass is 10.00. The number of carbonyl (C=O) groups is 2. The summed E-state index contributed by atoms with van der Waals surface area (Å²) in [7, 11) is 0. The zero-order valence-electron chi connectivity index (χ0n) is 20.4. The number of para-hydroxylation sites is 1. The molecule has 1 atom stereocenters. The van der Waals surface area contributed by atoms with E-state index in [1.54, 1.807) is 39.9 Å². The topological polar surface area (TPSA) is 98.6 Å². The fourth-order valence-corrected chi connectivity index (χ4v) is 4.50. The number of benzene rings is 3. The first-order chi connectivity index (χ1) is 17.9. The van der Waals surface area contributed by atoms with Crippen LogP contribution in [0.3, 0.4) is 0 Å². The number of hydrogen-bond donors (Lipinski definition) is 1. The third-order valence-corrected chi connectivity index (χ3v) is 6.42. The number of rotatable bonds is 8. The maximum Gasteiger partial charge on any atom is 0.247 e. The summed E-state index contributed by atoms with van der Waals surface area (Å²) in [6, 6.07) is 19.1. The Balaban J connectivity index is 1.44. The van der Waals surface area contributed by atoms with Crippen LogP contribution in [0, 0.1) is 5.92 Å². The molecule has 0 saturated heterocycles. The van der Waals surface area contributed by atoms with Crippen LogP contribution >= 0.6 is 11.6 Å². The summed E-state index contributed by atoms with van der Waals surface area (Å²) < 4.78 is 12.3. The molecule has 1 aromatic heterocycles. The number of amides is 2. The highest BCUT2D eigenvalue weighted by atomic mass is 35.5. The maximum atomic E-state index is 13.8. The average molecular weight is 520 g/mol. The van der Waals surface area contributed by atoms with E-state index in [2.05, 4.69) is 15.6 Å². The number of anilines is 1. The van der Waals surface area contributed by atoms with Crippen molar-refractivity contribution in [1.29, 1.82) is 0 Å². The highest BCUT2D eigenvalue weighted by molar-refractivity contribution is 6.30. The van der Waals surface area contributed by atoms with E-state index in [0.717, 1.165) is 11.1 Å². The number of nitrogens with zero attached hydrogens (tertiary/aromatic N) is 4. The van der Waals surface area contributed by atoms with Gasteiger partial charge in [0.2, 0.25) is 18.6 Å². The van der Waals surface area contributed by atoms with Gasteiger partial charge in [-0.2, -0.15) is 0 Å². The predicted octanol–water partition coefficient (Wildman–Crippen LogP) is 4.51. The Bertz CT molecular complexity index is 1440. The Morgan fingerprint density at radius 1 is 1.05 bits per heavy atom. The van der Waals surface area contributed by atoms with Gasteiger partial charge in [-0.3, -0.25) is 9.59 Å². The molecule has 0 radical (unpaired) electrons. The van der Waals surface area contributed by atoms with Gasteiger partial charge in [-0.25, -0.2) is 4.68 Å². The molecule has 190 valence electrons. The summed E-state index contributed by atoms with van der Waals surface area (Å²) >= 11 is 6.07. The van der Waals surface area contributed by atoms with Gasteiger partial charge in [0.1, 0.15) is 18.1 Å². The van der Waals surface area contributed by atoms with E-state index in [1.807, 2.05) is 50.2 Å². The number of halogens is 1. The second-order valence-corrected chi connectivity index (χ2v) is 9.57. The molecule has 0 fully saturated rings. The molecule has 2 amide bonds. The highest BCUT2D eigenvalue weighted by Gasteiger charge is 2.33. The zero-order valence-corrected chi connectivity index (χ0v) is 21.2. The minimum absolute atomic E-state index is 0.0609. The van der Waals surface area contributed by atoms with Crippen molar-refractivity contribution in [3.8, 4) is 11.5 Å². The molecule has 0 bridgehead atoms.